The predicted molar refractivity (Wildman–Crippen MR) is 107 cm³/mol. The maximum atomic E-state index is 12.9. The van der Waals surface area contributed by atoms with E-state index in [4.69, 9.17) is 4.74 Å². The van der Waals surface area contributed by atoms with Crippen molar-refractivity contribution < 1.29 is 9.53 Å². The van der Waals surface area contributed by atoms with Gasteiger partial charge in [-0.1, -0.05) is 12.1 Å². The van der Waals surface area contributed by atoms with Crippen molar-refractivity contribution in [2.24, 2.45) is 18.9 Å². The van der Waals surface area contributed by atoms with Gasteiger partial charge in [-0.2, -0.15) is 5.10 Å². The number of aryl methyl sites for hydroxylation is 1. The number of hydrogen-bond donors (Lipinski definition) is 0. The molecule has 28 heavy (non-hydrogen) atoms. The summed E-state index contributed by atoms with van der Waals surface area (Å²) in [5.74, 6) is 1.77. The fourth-order valence-corrected chi connectivity index (χ4v) is 4.76. The molecular weight excluding hydrogens is 354 g/mol. The van der Waals surface area contributed by atoms with Crippen molar-refractivity contribution in [1.29, 1.82) is 0 Å². The highest BCUT2D eigenvalue weighted by atomic mass is 16.5. The highest BCUT2D eigenvalue weighted by Gasteiger charge is 2.49. The number of hydrogen-bond acceptors (Lipinski definition) is 4. The van der Waals surface area contributed by atoms with Crippen LogP contribution in [0.2, 0.25) is 0 Å². The van der Waals surface area contributed by atoms with Crippen LogP contribution in [0.15, 0.2) is 36.7 Å². The fourth-order valence-electron chi connectivity index (χ4n) is 4.76. The molecule has 2 fully saturated rings. The maximum Gasteiger partial charge on any atom is 0.320 e. The largest absolute Gasteiger partial charge is 0.497 e. The Morgan fingerprint density at radius 2 is 1.96 bits per heavy atom. The third kappa shape index (κ3) is 3.46. The number of carbonyl (C=O) groups is 1. The van der Waals surface area contributed by atoms with Crippen LogP contribution in [0.4, 0.5) is 4.79 Å². The average Bonchev–Trinajstić information content (AvgIpc) is 3.35. The summed E-state index contributed by atoms with van der Waals surface area (Å²) in [6.45, 7) is 3.73. The molecule has 1 aromatic heterocycles. The van der Waals surface area contributed by atoms with Gasteiger partial charge in [-0.15, -0.1) is 0 Å². The number of methoxy groups -OCH3 is 1. The van der Waals surface area contributed by atoms with Crippen LogP contribution < -0.4 is 4.74 Å². The molecule has 2 aliphatic heterocycles. The lowest BCUT2D eigenvalue weighted by atomic mass is 9.89. The van der Waals surface area contributed by atoms with Crippen LogP contribution >= 0.6 is 0 Å². The number of amides is 2. The first-order valence-electron chi connectivity index (χ1n) is 9.78. The SMILES string of the molecule is COc1ccc([C@H]2[C@@H]3CN(Cc4cnn(C)c4)C[C@@H]3CN2C(=O)N(C)C)cc1. The van der Waals surface area contributed by atoms with Crippen LogP contribution in [-0.2, 0) is 13.6 Å². The zero-order chi connectivity index (χ0) is 19.8. The molecule has 0 unspecified atom stereocenters. The second kappa shape index (κ2) is 7.47. The number of likely N-dealkylation sites (tertiary alicyclic amines) is 2. The van der Waals surface area contributed by atoms with Crippen LogP contribution in [0, 0.1) is 11.8 Å². The molecule has 0 N–H and O–H groups in total. The summed E-state index contributed by atoms with van der Waals surface area (Å²) >= 11 is 0. The monoisotopic (exact) mass is 383 g/mol. The zero-order valence-electron chi connectivity index (χ0n) is 17.1. The number of carbonyl (C=O) groups excluding carboxylic acids is 1. The van der Waals surface area contributed by atoms with Crippen molar-refractivity contribution in [3.05, 3.63) is 47.8 Å². The van der Waals surface area contributed by atoms with Gasteiger partial charge in [0, 0.05) is 65.0 Å². The minimum Gasteiger partial charge on any atom is -0.497 e. The fraction of sp³-hybridized carbons (Fsp3) is 0.524. The van der Waals surface area contributed by atoms with E-state index in [1.54, 1.807) is 12.0 Å². The van der Waals surface area contributed by atoms with Crippen molar-refractivity contribution >= 4 is 6.03 Å². The van der Waals surface area contributed by atoms with Crippen molar-refractivity contribution in [3.8, 4) is 5.75 Å². The number of urea groups is 1. The smallest absolute Gasteiger partial charge is 0.320 e. The van der Waals surface area contributed by atoms with Gasteiger partial charge >= 0.3 is 6.03 Å². The first-order chi connectivity index (χ1) is 13.5. The standard InChI is InChI=1S/C21H29N5O2/c1-23(2)21(27)26-13-17-12-25(11-15-9-22-24(3)10-15)14-19(17)20(26)16-5-7-18(28-4)8-6-16/h5-10,17,19-20H,11-14H2,1-4H3/t17-,19-,20+/m1/s1. The summed E-state index contributed by atoms with van der Waals surface area (Å²) in [6, 6.07) is 8.38. The molecule has 7 nitrogen and oxygen atoms in total. The van der Waals surface area contributed by atoms with Crippen LogP contribution in [0.3, 0.4) is 0 Å². The number of benzene rings is 1. The molecule has 2 aliphatic rings. The van der Waals surface area contributed by atoms with Crippen LogP contribution in [-0.4, -0.2) is 71.4 Å². The molecule has 2 amide bonds. The number of fused-ring (bicyclic) bond motifs is 1. The lowest BCUT2D eigenvalue weighted by molar-refractivity contribution is 0.151. The van der Waals surface area contributed by atoms with Gasteiger partial charge in [-0.25, -0.2) is 4.79 Å². The van der Waals surface area contributed by atoms with Gasteiger partial charge < -0.3 is 14.5 Å². The summed E-state index contributed by atoms with van der Waals surface area (Å²) in [5.41, 5.74) is 2.43. The number of rotatable bonds is 4. The Hall–Kier alpha value is -2.54. The summed E-state index contributed by atoms with van der Waals surface area (Å²) in [5, 5.41) is 4.28. The maximum absolute atomic E-state index is 12.9. The number of ether oxygens (including phenoxy) is 1. The normalized spacial score (nSPS) is 24.4. The Labute approximate surface area is 166 Å². The molecular formula is C21H29N5O2. The average molecular weight is 383 g/mol. The summed E-state index contributed by atoms with van der Waals surface area (Å²) in [4.78, 5) is 19.1. The Kier molecular flexibility index (Phi) is 5.02. The van der Waals surface area contributed by atoms with Gasteiger partial charge in [0.25, 0.3) is 0 Å². The lowest BCUT2D eigenvalue weighted by Gasteiger charge is -2.32. The zero-order valence-corrected chi connectivity index (χ0v) is 17.1. The molecule has 4 rings (SSSR count). The number of nitrogens with zero attached hydrogens (tertiary/aromatic N) is 5. The molecule has 0 aliphatic carbocycles. The molecule has 2 aromatic rings. The molecule has 2 saturated heterocycles. The van der Waals surface area contributed by atoms with Crippen molar-refractivity contribution in [1.82, 2.24) is 24.5 Å². The Morgan fingerprint density at radius 1 is 1.21 bits per heavy atom. The highest BCUT2D eigenvalue weighted by Crippen LogP contribution is 2.45. The van der Waals surface area contributed by atoms with Gasteiger partial charge in [-0.3, -0.25) is 9.58 Å². The predicted octanol–water partition coefficient (Wildman–Crippen LogP) is 2.22. The number of aromatic nitrogens is 2. The van der Waals surface area contributed by atoms with E-state index in [0.717, 1.165) is 31.9 Å². The van der Waals surface area contributed by atoms with E-state index < -0.39 is 0 Å². The van der Waals surface area contributed by atoms with Crippen molar-refractivity contribution in [2.45, 2.75) is 12.6 Å². The molecule has 0 spiro atoms. The summed E-state index contributed by atoms with van der Waals surface area (Å²) < 4.78 is 7.16. The topological polar surface area (TPSA) is 53.8 Å². The van der Waals surface area contributed by atoms with E-state index in [0.29, 0.717) is 11.8 Å². The summed E-state index contributed by atoms with van der Waals surface area (Å²) in [7, 11) is 7.29. The van der Waals surface area contributed by atoms with E-state index in [9.17, 15) is 4.79 Å². The van der Waals surface area contributed by atoms with E-state index in [-0.39, 0.29) is 12.1 Å². The third-order valence-corrected chi connectivity index (χ3v) is 5.99. The molecule has 3 atom stereocenters. The molecule has 0 radical (unpaired) electrons. The molecule has 0 bridgehead atoms. The summed E-state index contributed by atoms with van der Waals surface area (Å²) in [6.07, 6.45) is 4.02. The van der Waals surface area contributed by atoms with Crippen LogP contribution in [0.1, 0.15) is 17.2 Å². The van der Waals surface area contributed by atoms with Crippen molar-refractivity contribution in [3.63, 3.8) is 0 Å². The van der Waals surface area contributed by atoms with Crippen LogP contribution in [0.25, 0.3) is 0 Å². The van der Waals surface area contributed by atoms with Gasteiger partial charge in [0.1, 0.15) is 5.75 Å². The minimum absolute atomic E-state index is 0.0917. The van der Waals surface area contributed by atoms with Gasteiger partial charge in [0.2, 0.25) is 0 Å². The minimum atomic E-state index is 0.0917. The van der Waals surface area contributed by atoms with Crippen molar-refractivity contribution in [2.75, 3.05) is 40.8 Å². The van der Waals surface area contributed by atoms with Gasteiger partial charge in [-0.05, 0) is 23.6 Å². The molecule has 1 aromatic carbocycles. The van der Waals surface area contributed by atoms with E-state index >= 15 is 0 Å². The third-order valence-electron chi connectivity index (χ3n) is 5.99. The van der Waals surface area contributed by atoms with Crippen LogP contribution in [0.5, 0.6) is 5.75 Å². The van der Waals surface area contributed by atoms with Gasteiger partial charge in [0.05, 0.1) is 19.3 Å². The molecule has 3 heterocycles. The lowest BCUT2D eigenvalue weighted by Crippen LogP contribution is -2.41. The second-order valence-corrected chi connectivity index (χ2v) is 8.19. The van der Waals surface area contributed by atoms with E-state index in [1.165, 1.54) is 11.1 Å². The first-order valence-corrected chi connectivity index (χ1v) is 9.78. The Bertz CT molecular complexity index is 832. The van der Waals surface area contributed by atoms with Gasteiger partial charge in [0.15, 0.2) is 0 Å². The second-order valence-electron chi connectivity index (χ2n) is 8.19. The molecule has 7 heteroatoms. The Balaban J connectivity index is 1.56. The molecule has 150 valence electrons. The first kappa shape index (κ1) is 18.8. The van der Waals surface area contributed by atoms with E-state index in [1.807, 2.05) is 44.2 Å². The quantitative estimate of drug-likeness (QED) is 0.812. The van der Waals surface area contributed by atoms with E-state index in [2.05, 4.69) is 33.2 Å². The highest BCUT2D eigenvalue weighted by molar-refractivity contribution is 5.75. The Morgan fingerprint density at radius 3 is 2.57 bits per heavy atom. The molecule has 0 saturated carbocycles.